The van der Waals surface area contributed by atoms with Crippen molar-refractivity contribution in [3.05, 3.63) is 35.4 Å². The van der Waals surface area contributed by atoms with Gasteiger partial charge in [-0.3, -0.25) is 14.6 Å². The molecule has 4 rings (SSSR count). The maximum Gasteiger partial charge on any atom is 0.272 e. The van der Waals surface area contributed by atoms with E-state index in [0.717, 1.165) is 5.69 Å². The number of H-pyrrole nitrogens is 1. The van der Waals surface area contributed by atoms with Crippen molar-refractivity contribution >= 4 is 5.91 Å². The monoisotopic (exact) mass is 439 g/mol. The van der Waals surface area contributed by atoms with Crippen molar-refractivity contribution in [1.29, 1.82) is 0 Å². The molecule has 0 aliphatic heterocycles. The average molecular weight is 440 g/mol. The van der Waals surface area contributed by atoms with Crippen LogP contribution in [-0.2, 0) is 6.54 Å². The number of amides is 1. The molecular formula is C26H41N5O. The second-order valence-corrected chi connectivity index (χ2v) is 10.1. The standard InChI is InChI=1S/C26H41N5O/c1-20(19-31-17-16-23(30-31)21-12-8-4-2-5-9-13-21)27-26(32)25-18-24(28-29-25)22-14-10-6-3-7-11-15-22/h16-18,20-22H,2-15,19H2,1H3,(H,27,32)(H,28,29)/t20-/m1/s1. The Bertz CT molecular complexity index is 825. The highest BCUT2D eigenvalue weighted by Crippen LogP contribution is 2.31. The Balaban J connectivity index is 1.28. The van der Waals surface area contributed by atoms with Gasteiger partial charge >= 0.3 is 0 Å². The number of aromatic amines is 1. The quantitative estimate of drug-likeness (QED) is 0.572. The molecule has 32 heavy (non-hydrogen) atoms. The van der Waals surface area contributed by atoms with Crippen molar-refractivity contribution in [2.75, 3.05) is 0 Å². The Morgan fingerprint density at radius 1 is 1.00 bits per heavy atom. The Hall–Kier alpha value is -2.11. The first-order valence-electron chi connectivity index (χ1n) is 13.1. The number of nitrogens with zero attached hydrogens (tertiary/aromatic N) is 3. The number of rotatable bonds is 6. The fourth-order valence-corrected chi connectivity index (χ4v) is 5.50. The van der Waals surface area contributed by atoms with E-state index in [0.29, 0.717) is 24.1 Å². The molecule has 2 fully saturated rings. The van der Waals surface area contributed by atoms with E-state index in [1.807, 2.05) is 17.7 Å². The summed E-state index contributed by atoms with van der Waals surface area (Å²) in [4.78, 5) is 12.8. The van der Waals surface area contributed by atoms with Crippen LogP contribution in [0.25, 0.3) is 0 Å². The minimum absolute atomic E-state index is 0.00544. The van der Waals surface area contributed by atoms with Crippen LogP contribution in [0, 0.1) is 0 Å². The van der Waals surface area contributed by atoms with Gasteiger partial charge in [0.25, 0.3) is 5.91 Å². The molecule has 2 N–H and O–H groups in total. The molecule has 0 aromatic carbocycles. The van der Waals surface area contributed by atoms with Crippen LogP contribution in [0.2, 0.25) is 0 Å². The highest BCUT2D eigenvalue weighted by molar-refractivity contribution is 5.92. The molecule has 0 spiro atoms. The van der Waals surface area contributed by atoms with Gasteiger partial charge in [-0.15, -0.1) is 0 Å². The Labute approximate surface area is 192 Å². The molecule has 1 atom stereocenters. The second-order valence-electron chi connectivity index (χ2n) is 10.1. The van der Waals surface area contributed by atoms with Crippen LogP contribution in [0.15, 0.2) is 18.3 Å². The van der Waals surface area contributed by atoms with Crippen LogP contribution < -0.4 is 5.32 Å². The van der Waals surface area contributed by atoms with Gasteiger partial charge < -0.3 is 5.32 Å². The summed E-state index contributed by atoms with van der Waals surface area (Å²) in [5.74, 6) is 1.01. The summed E-state index contributed by atoms with van der Waals surface area (Å²) in [5.41, 5.74) is 2.85. The van der Waals surface area contributed by atoms with E-state index < -0.39 is 0 Å². The van der Waals surface area contributed by atoms with Crippen molar-refractivity contribution < 1.29 is 4.79 Å². The average Bonchev–Trinajstić information content (AvgIpc) is 3.37. The molecule has 2 aliphatic carbocycles. The first-order valence-corrected chi connectivity index (χ1v) is 13.1. The summed E-state index contributed by atoms with van der Waals surface area (Å²) in [5, 5.41) is 15.4. The van der Waals surface area contributed by atoms with E-state index in [1.165, 1.54) is 95.6 Å². The summed E-state index contributed by atoms with van der Waals surface area (Å²) in [6.45, 7) is 2.72. The van der Waals surface area contributed by atoms with E-state index >= 15 is 0 Å². The molecule has 0 radical (unpaired) electrons. The van der Waals surface area contributed by atoms with Crippen molar-refractivity contribution in [3.63, 3.8) is 0 Å². The SMILES string of the molecule is C[C@H](Cn1ccc(C2CCCCCCC2)n1)NC(=O)c1cc(C2CCCCCCC2)[nH]n1. The first kappa shape index (κ1) is 23.1. The van der Waals surface area contributed by atoms with Crippen LogP contribution in [0.4, 0.5) is 0 Å². The molecule has 0 saturated heterocycles. The summed E-state index contributed by atoms with van der Waals surface area (Å²) in [7, 11) is 0. The van der Waals surface area contributed by atoms with Crippen LogP contribution in [0.1, 0.15) is 131 Å². The van der Waals surface area contributed by atoms with Crippen LogP contribution in [0.5, 0.6) is 0 Å². The van der Waals surface area contributed by atoms with E-state index in [1.54, 1.807) is 0 Å². The molecule has 2 heterocycles. The van der Waals surface area contributed by atoms with Gasteiger partial charge in [-0.05, 0) is 44.7 Å². The summed E-state index contributed by atoms with van der Waals surface area (Å²) in [6, 6.07) is 4.14. The lowest BCUT2D eigenvalue weighted by molar-refractivity contribution is 0.0931. The molecule has 2 aliphatic rings. The molecular weight excluding hydrogens is 398 g/mol. The number of hydrogen-bond acceptors (Lipinski definition) is 3. The van der Waals surface area contributed by atoms with E-state index in [9.17, 15) is 4.79 Å². The zero-order chi connectivity index (χ0) is 22.2. The van der Waals surface area contributed by atoms with Gasteiger partial charge in [0.2, 0.25) is 0 Å². The number of nitrogens with one attached hydrogen (secondary N) is 2. The smallest absolute Gasteiger partial charge is 0.272 e. The highest BCUT2D eigenvalue weighted by Gasteiger charge is 2.20. The fourth-order valence-electron chi connectivity index (χ4n) is 5.50. The van der Waals surface area contributed by atoms with Gasteiger partial charge in [0.1, 0.15) is 5.69 Å². The summed E-state index contributed by atoms with van der Waals surface area (Å²) in [6.07, 6.45) is 20.3. The minimum atomic E-state index is -0.0989. The van der Waals surface area contributed by atoms with Crippen LogP contribution in [0.3, 0.4) is 0 Å². The third-order valence-corrected chi connectivity index (χ3v) is 7.40. The molecule has 2 aromatic rings. The molecule has 176 valence electrons. The number of aromatic nitrogens is 4. The minimum Gasteiger partial charge on any atom is -0.346 e. The maximum atomic E-state index is 12.8. The molecule has 0 unspecified atom stereocenters. The van der Waals surface area contributed by atoms with Gasteiger partial charge in [0, 0.05) is 29.8 Å². The topological polar surface area (TPSA) is 75.6 Å². The summed E-state index contributed by atoms with van der Waals surface area (Å²) < 4.78 is 1.99. The van der Waals surface area contributed by atoms with Gasteiger partial charge in [0.15, 0.2) is 0 Å². The lowest BCUT2D eigenvalue weighted by atomic mass is 9.89. The maximum absolute atomic E-state index is 12.8. The lowest BCUT2D eigenvalue weighted by Crippen LogP contribution is -2.36. The zero-order valence-electron chi connectivity index (χ0n) is 19.8. The lowest BCUT2D eigenvalue weighted by Gasteiger charge is -2.18. The van der Waals surface area contributed by atoms with Gasteiger partial charge in [-0.25, -0.2) is 0 Å². The van der Waals surface area contributed by atoms with Gasteiger partial charge in [-0.1, -0.05) is 64.2 Å². The Kier molecular flexibility index (Phi) is 8.41. The molecule has 2 aromatic heterocycles. The predicted octanol–water partition coefficient (Wildman–Crippen LogP) is 6.08. The highest BCUT2D eigenvalue weighted by atomic mass is 16.2. The Morgan fingerprint density at radius 3 is 2.25 bits per heavy atom. The van der Waals surface area contributed by atoms with Crippen LogP contribution in [-0.4, -0.2) is 31.9 Å². The third kappa shape index (κ3) is 6.46. The van der Waals surface area contributed by atoms with E-state index in [2.05, 4.69) is 27.8 Å². The first-order chi connectivity index (χ1) is 15.7. The normalized spacial score (nSPS) is 20.7. The molecule has 6 nitrogen and oxygen atoms in total. The number of hydrogen-bond donors (Lipinski definition) is 2. The number of carbonyl (C=O) groups is 1. The predicted molar refractivity (Wildman–Crippen MR) is 128 cm³/mol. The second kappa shape index (κ2) is 11.7. The van der Waals surface area contributed by atoms with Crippen molar-refractivity contribution in [3.8, 4) is 0 Å². The van der Waals surface area contributed by atoms with Crippen molar-refractivity contribution in [2.24, 2.45) is 0 Å². The van der Waals surface area contributed by atoms with Gasteiger partial charge in [0.05, 0.1) is 12.2 Å². The third-order valence-electron chi connectivity index (χ3n) is 7.40. The molecule has 6 heteroatoms. The van der Waals surface area contributed by atoms with Crippen LogP contribution >= 0.6 is 0 Å². The molecule has 0 bridgehead atoms. The molecule has 2 saturated carbocycles. The zero-order valence-corrected chi connectivity index (χ0v) is 19.8. The van der Waals surface area contributed by atoms with E-state index in [-0.39, 0.29) is 11.9 Å². The fraction of sp³-hybridized carbons (Fsp3) is 0.731. The Morgan fingerprint density at radius 2 is 1.59 bits per heavy atom. The van der Waals surface area contributed by atoms with E-state index in [4.69, 9.17) is 5.10 Å². The van der Waals surface area contributed by atoms with Gasteiger partial charge in [-0.2, -0.15) is 10.2 Å². The van der Waals surface area contributed by atoms with Crippen molar-refractivity contribution in [2.45, 2.75) is 121 Å². The largest absolute Gasteiger partial charge is 0.346 e. The molecule has 1 amide bonds. The number of carbonyl (C=O) groups excluding carboxylic acids is 1. The van der Waals surface area contributed by atoms with Crippen molar-refractivity contribution in [1.82, 2.24) is 25.3 Å². The summed E-state index contributed by atoms with van der Waals surface area (Å²) >= 11 is 0.